The molecule has 2 N–H and O–H groups in total. The molecule has 3 aromatic rings. The number of urea groups is 1. The van der Waals surface area contributed by atoms with Crippen LogP contribution in [0.3, 0.4) is 0 Å². The minimum atomic E-state index is -0.224. The first kappa shape index (κ1) is 16.2. The van der Waals surface area contributed by atoms with Crippen molar-refractivity contribution in [2.75, 3.05) is 11.9 Å². The highest BCUT2D eigenvalue weighted by molar-refractivity contribution is 7.11. The molecule has 7 heteroatoms. The van der Waals surface area contributed by atoms with Gasteiger partial charge >= 0.3 is 6.03 Å². The number of hydrogen-bond acceptors (Lipinski definition) is 5. The fraction of sp³-hybridized carbons (Fsp3) is 0.235. The zero-order valence-electron chi connectivity index (χ0n) is 13.5. The minimum Gasteiger partial charge on any atom is -0.445 e. The number of aryl methyl sites for hydroxylation is 2. The van der Waals surface area contributed by atoms with Crippen LogP contribution < -0.4 is 10.6 Å². The molecule has 124 valence electrons. The Morgan fingerprint density at radius 2 is 2.04 bits per heavy atom. The van der Waals surface area contributed by atoms with Gasteiger partial charge in [0.2, 0.25) is 5.89 Å². The number of hydrogen-bond donors (Lipinski definition) is 2. The third kappa shape index (κ3) is 3.99. The maximum atomic E-state index is 11.9. The molecule has 3 rings (SSSR count). The monoisotopic (exact) mass is 342 g/mol. The van der Waals surface area contributed by atoms with Crippen LogP contribution in [0.5, 0.6) is 0 Å². The Bertz CT molecular complexity index is 810. The summed E-state index contributed by atoms with van der Waals surface area (Å²) in [5, 5.41) is 6.72. The Labute approximate surface area is 144 Å². The zero-order chi connectivity index (χ0) is 16.9. The molecule has 2 amide bonds. The highest BCUT2D eigenvalue weighted by Crippen LogP contribution is 2.19. The minimum absolute atomic E-state index is 0.224. The van der Waals surface area contributed by atoms with Gasteiger partial charge in [-0.25, -0.2) is 14.8 Å². The second kappa shape index (κ2) is 7.27. The number of benzene rings is 1. The lowest BCUT2D eigenvalue weighted by molar-refractivity contribution is 0.252. The summed E-state index contributed by atoms with van der Waals surface area (Å²) in [5.74, 6) is 0.557. The summed E-state index contributed by atoms with van der Waals surface area (Å²) in [6, 6.07) is 7.11. The molecule has 2 heterocycles. The van der Waals surface area contributed by atoms with E-state index in [1.165, 1.54) is 11.1 Å². The van der Waals surface area contributed by atoms with E-state index < -0.39 is 0 Å². The third-order valence-corrected chi connectivity index (χ3v) is 4.59. The van der Waals surface area contributed by atoms with E-state index in [9.17, 15) is 4.79 Å². The van der Waals surface area contributed by atoms with E-state index in [1.54, 1.807) is 17.5 Å². The van der Waals surface area contributed by atoms with Crippen LogP contribution >= 0.6 is 11.3 Å². The van der Waals surface area contributed by atoms with E-state index in [1.807, 2.05) is 38.1 Å². The molecule has 0 unspecified atom stereocenters. The lowest BCUT2D eigenvalue weighted by Crippen LogP contribution is -2.30. The van der Waals surface area contributed by atoms with Gasteiger partial charge in [0.1, 0.15) is 6.26 Å². The highest BCUT2D eigenvalue weighted by Gasteiger charge is 2.07. The summed E-state index contributed by atoms with van der Waals surface area (Å²) in [7, 11) is 0. The van der Waals surface area contributed by atoms with Crippen molar-refractivity contribution >= 4 is 23.1 Å². The van der Waals surface area contributed by atoms with E-state index in [0.29, 0.717) is 18.1 Å². The molecule has 0 aliphatic rings. The molecule has 0 atom stereocenters. The van der Waals surface area contributed by atoms with Crippen molar-refractivity contribution in [3.63, 3.8) is 0 Å². The molecule has 0 radical (unpaired) electrons. The number of rotatable bonds is 5. The van der Waals surface area contributed by atoms with Crippen molar-refractivity contribution in [1.82, 2.24) is 15.3 Å². The van der Waals surface area contributed by atoms with E-state index in [-0.39, 0.29) is 6.03 Å². The Morgan fingerprint density at radius 3 is 2.67 bits per heavy atom. The molecule has 24 heavy (non-hydrogen) atoms. The van der Waals surface area contributed by atoms with Gasteiger partial charge in [-0.3, -0.25) is 0 Å². The molecule has 0 spiro atoms. The average Bonchev–Trinajstić information content (AvgIpc) is 3.18. The van der Waals surface area contributed by atoms with Gasteiger partial charge in [-0.05, 0) is 38.1 Å². The molecule has 6 nitrogen and oxygen atoms in total. The first-order chi connectivity index (χ1) is 11.6. The molecule has 0 fully saturated rings. The van der Waals surface area contributed by atoms with Gasteiger partial charge in [-0.1, -0.05) is 0 Å². The third-order valence-electron chi connectivity index (χ3n) is 3.46. The van der Waals surface area contributed by atoms with Crippen LogP contribution in [-0.2, 0) is 6.42 Å². The predicted molar refractivity (Wildman–Crippen MR) is 94.3 cm³/mol. The van der Waals surface area contributed by atoms with E-state index in [0.717, 1.165) is 22.7 Å². The summed E-state index contributed by atoms with van der Waals surface area (Å²) < 4.78 is 5.23. The van der Waals surface area contributed by atoms with Crippen molar-refractivity contribution in [3.8, 4) is 11.5 Å². The summed E-state index contributed by atoms with van der Waals surface area (Å²) >= 11 is 1.67. The zero-order valence-corrected chi connectivity index (χ0v) is 14.3. The summed E-state index contributed by atoms with van der Waals surface area (Å²) in [4.78, 5) is 21.6. The van der Waals surface area contributed by atoms with Gasteiger partial charge in [-0.15, -0.1) is 11.3 Å². The standard InChI is InChI=1S/C17H18N4O2S/c1-11-15(24-12(2)20-11)7-8-19-17(22)21-14-5-3-13(4-6-14)16-18-9-10-23-16/h3-6,9-10H,7-8H2,1-2H3,(H2,19,21,22). The topological polar surface area (TPSA) is 80.0 Å². The van der Waals surface area contributed by atoms with E-state index in [4.69, 9.17) is 4.42 Å². The quantitative estimate of drug-likeness (QED) is 0.739. The van der Waals surface area contributed by atoms with Crippen LogP contribution in [0.4, 0.5) is 10.5 Å². The van der Waals surface area contributed by atoms with Gasteiger partial charge in [0.05, 0.1) is 16.9 Å². The summed E-state index contributed by atoms with van der Waals surface area (Å²) in [6.07, 6.45) is 3.91. The Morgan fingerprint density at radius 1 is 1.25 bits per heavy atom. The van der Waals surface area contributed by atoms with Gasteiger partial charge < -0.3 is 15.1 Å². The normalized spacial score (nSPS) is 10.6. The van der Waals surface area contributed by atoms with Gasteiger partial charge in [-0.2, -0.15) is 0 Å². The van der Waals surface area contributed by atoms with Gasteiger partial charge in [0.25, 0.3) is 0 Å². The van der Waals surface area contributed by atoms with Crippen molar-refractivity contribution in [2.45, 2.75) is 20.3 Å². The molecule has 0 saturated heterocycles. The molecule has 0 bridgehead atoms. The fourth-order valence-corrected chi connectivity index (χ4v) is 3.27. The fourth-order valence-electron chi connectivity index (χ4n) is 2.33. The van der Waals surface area contributed by atoms with Crippen molar-refractivity contribution in [3.05, 3.63) is 52.3 Å². The first-order valence-corrected chi connectivity index (χ1v) is 8.41. The Kier molecular flexibility index (Phi) is 4.90. The Hall–Kier alpha value is -2.67. The summed E-state index contributed by atoms with van der Waals surface area (Å²) in [5.41, 5.74) is 2.62. The number of carbonyl (C=O) groups excluding carboxylic acids is 1. The lowest BCUT2D eigenvalue weighted by atomic mass is 10.2. The van der Waals surface area contributed by atoms with E-state index in [2.05, 4.69) is 20.6 Å². The average molecular weight is 342 g/mol. The SMILES string of the molecule is Cc1nc(C)c(CCNC(=O)Nc2ccc(-c3ncco3)cc2)s1. The van der Waals surface area contributed by atoms with Crippen LogP contribution in [0.1, 0.15) is 15.6 Å². The maximum absolute atomic E-state index is 11.9. The number of carbonyl (C=O) groups is 1. The number of oxazole rings is 1. The number of aromatic nitrogens is 2. The van der Waals surface area contributed by atoms with Crippen molar-refractivity contribution in [2.24, 2.45) is 0 Å². The maximum Gasteiger partial charge on any atom is 0.319 e. The summed E-state index contributed by atoms with van der Waals surface area (Å²) in [6.45, 7) is 4.56. The van der Waals surface area contributed by atoms with Gasteiger partial charge in [0, 0.05) is 29.1 Å². The number of nitrogens with one attached hydrogen (secondary N) is 2. The highest BCUT2D eigenvalue weighted by atomic mass is 32.1. The predicted octanol–water partition coefficient (Wildman–Crippen LogP) is 3.78. The second-order valence-corrected chi connectivity index (χ2v) is 6.57. The largest absolute Gasteiger partial charge is 0.445 e. The molecule has 1 aromatic carbocycles. The number of anilines is 1. The number of amides is 2. The molecular formula is C17H18N4O2S. The molecule has 0 aliphatic heterocycles. The van der Waals surface area contributed by atoms with Crippen LogP contribution in [0.25, 0.3) is 11.5 Å². The van der Waals surface area contributed by atoms with Crippen LogP contribution in [-0.4, -0.2) is 22.5 Å². The smallest absolute Gasteiger partial charge is 0.319 e. The molecule has 0 aliphatic carbocycles. The van der Waals surface area contributed by atoms with Crippen LogP contribution in [0, 0.1) is 13.8 Å². The number of nitrogens with zero attached hydrogens (tertiary/aromatic N) is 2. The molecule has 0 saturated carbocycles. The van der Waals surface area contributed by atoms with Gasteiger partial charge in [0.15, 0.2) is 0 Å². The van der Waals surface area contributed by atoms with E-state index >= 15 is 0 Å². The molecule has 2 aromatic heterocycles. The van der Waals surface area contributed by atoms with Crippen LogP contribution in [0.2, 0.25) is 0 Å². The molecular weight excluding hydrogens is 324 g/mol. The van der Waals surface area contributed by atoms with Crippen LogP contribution in [0.15, 0.2) is 41.1 Å². The second-order valence-electron chi connectivity index (χ2n) is 5.29. The first-order valence-electron chi connectivity index (χ1n) is 7.59. The number of thiazole rings is 1. The Balaban J connectivity index is 1.49. The van der Waals surface area contributed by atoms with Crippen molar-refractivity contribution in [1.29, 1.82) is 0 Å². The lowest BCUT2D eigenvalue weighted by Gasteiger charge is -2.07. The van der Waals surface area contributed by atoms with Crippen molar-refractivity contribution < 1.29 is 9.21 Å².